The lowest BCUT2D eigenvalue weighted by molar-refractivity contribution is -0.136. The van der Waals surface area contributed by atoms with E-state index >= 15 is 0 Å². The van der Waals surface area contributed by atoms with Crippen molar-refractivity contribution in [3.63, 3.8) is 0 Å². The number of halogens is 1. The number of aryl methyl sites for hydroxylation is 1. The van der Waals surface area contributed by atoms with Gasteiger partial charge in [-0.3, -0.25) is 4.79 Å². The molecule has 0 aliphatic heterocycles. The minimum absolute atomic E-state index is 0. The molecule has 0 saturated heterocycles. The number of aliphatic carboxylic acids is 1. The Morgan fingerprint density at radius 3 is 2.88 bits per heavy atom. The summed E-state index contributed by atoms with van der Waals surface area (Å²) >= 11 is 0. The average molecular weight is 242 g/mol. The van der Waals surface area contributed by atoms with E-state index < -0.39 is 5.97 Å². The highest BCUT2D eigenvalue weighted by atomic mass is 35.5. The van der Waals surface area contributed by atoms with Gasteiger partial charge >= 0.3 is 5.97 Å². The Morgan fingerprint density at radius 1 is 1.44 bits per heavy atom. The van der Waals surface area contributed by atoms with Crippen LogP contribution in [0.3, 0.4) is 0 Å². The number of fused-ring (bicyclic) bond motifs is 1. The molecule has 0 heterocycles. The smallest absolute Gasteiger partial charge is 0.307 e. The number of carboxylic acids is 1. The molecule has 2 rings (SSSR count). The molecular formula is C12H16ClNO2. The largest absolute Gasteiger partial charge is 0.481 e. The molecule has 0 spiro atoms. The lowest BCUT2D eigenvalue weighted by Crippen LogP contribution is -2.27. The van der Waals surface area contributed by atoms with Gasteiger partial charge < -0.3 is 10.8 Å². The Balaban J connectivity index is 0.00000128. The first kappa shape index (κ1) is 13.0. The predicted molar refractivity (Wildman–Crippen MR) is 65.0 cm³/mol. The Kier molecular flexibility index (Phi) is 4.33. The van der Waals surface area contributed by atoms with Crippen LogP contribution in [0.2, 0.25) is 0 Å². The van der Waals surface area contributed by atoms with Gasteiger partial charge in [-0.25, -0.2) is 0 Å². The molecule has 16 heavy (non-hydrogen) atoms. The summed E-state index contributed by atoms with van der Waals surface area (Å²) in [5.74, 6) is -0.782. The highest BCUT2D eigenvalue weighted by molar-refractivity contribution is 5.85. The predicted octanol–water partition coefficient (Wildman–Crippen LogP) is 1.55. The van der Waals surface area contributed by atoms with Crippen molar-refractivity contribution in [2.45, 2.75) is 31.7 Å². The number of carboxylic acid groups (broad SMARTS) is 1. The Hall–Kier alpha value is -1.06. The van der Waals surface area contributed by atoms with Crippen molar-refractivity contribution in [1.82, 2.24) is 0 Å². The maximum absolute atomic E-state index is 10.6. The number of rotatable bonds is 2. The van der Waals surface area contributed by atoms with Crippen LogP contribution in [0.25, 0.3) is 0 Å². The van der Waals surface area contributed by atoms with E-state index in [1.165, 1.54) is 11.1 Å². The molecule has 0 fully saturated rings. The third kappa shape index (κ3) is 2.97. The second-order valence-electron chi connectivity index (χ2n) is 4.18. The van der Waals surface area contributed by atoms with Crippen molar-refractivity contribution < 1.29 is 9.90 Å². The molecular weight excluding hydrogens is 226 g/mol. The molecule has 1 aromatic rings. The summed E-state index contributed by atoms with van der Waals surface area (Å²) in [5, 5.41) is 8.70. The fourth-order valence-electron chi connectivity index (χ4n) is 2.12. The summed E-state index contributed by atoms with van der Waals surface area (Å²) in [4.78, 5) is 10.6. The van der Waals surface area contributed by atoms with E-state index in [-0.39, 0.29) is 24.9 Å². The van der Waals surface area contributed by atoms with E-state index in [9.17, 15) is 4.79 Å². The van der Waals surface area contributed by atoms with Crippen molar-refractivity contribution in [2.75, 3.05) is 0 Å². The zero-order valence-electron chi connectivity index (χ0n) is 8.98. The molecule has 0 bridgehead atoms. The molecule has 4 heteroatoms. The van der Waals surface area contributed by atoms with Crippen LogP contribution in [0, 0.1) is 0 Å². The molecule has 1 unspecified atom stereocenters. The van der Waals surface area contributed by atoms with Crippen LogP contribution in [0.1, 0.15) is 23.1 Å². The summed E-state index contributed by atoms with van der Waals surface area (Å²) in [6, 6.07) is 6.17. The first-order chi connectivity index (χ1) is 7.15. The molecule has 1 aromatic carbocycles. The van der Waals surface area contributed by atoms with Crippen LogP contribution < -0.4 is 5.73 Å². The van der Waals surface area contributed by atoms with Gasteiger partial charge in [-0.05, 0) is 36.0 Å². The van der Waals surface area contributed by atoms with Gasteiger partial charge in [0.1, 0.15) is 0 Å². The van der Waals surface area contributed by atoms with Crippen molar-refractivity contribution in [1.29, 1.82) is 0 Å². The quantitative estimate of drug-likeness (QED) is 0.826. The third-order valence-corrected chi connectivity index (χ3v) is 2.89. The van der Waals surface area contributed by atoms with Crippen LogP contribution in [0.4, 0.5) is 0 Å². The summed E-state index contributed by atoms with van der Waals surface area (Å²) < 4.78 is 0. The number of carbonyl (C=O) groups is 1. The number of nitrogens with two attached hydrogens (primary N) is 1. The zero-order chi connectivity index (χ0) is 10.8. The van der Waals surface area contributed by atoms with Crippen LogP contribution in [0.15, 0.2) is 18.2 Å². The molecule has 0 radical (unpaired) electrons. The lowest BCUT2D eigenvalue weighted by Gasteiger charge is -2.21. The molecule has 0 amide bonds. The van der Waals surface area contributed by atoms with Crippen LogP contribution in [-0.4, -0.2) is 17.1 Å². The van der Waals surface area contributed by atoms with Gasteiger partial charge in [-0.15, -0.1) is 12.4 Å². The van der Waals surface area contributed by atoms with E-state index in [0.29, 0.717) is 0 Å². The summed E-state index contributed by atoms with van der Waals surface area (Å²) in [7, 11) is 0. The summed E-state index contributed by atoms with van der Waals surface area (Å²) in [6.45, 7) is 0. The van der Waals surface area contributed by atoms with Gasteiger partial charge in [0.15, 0.2) is 0 Å². The van der Waals surface area contributed by atoms with E-state index in [2.05, 4.69) is 0 Å². The second kappa shape index (κ2) is 5.32. The monoisotopic (exact) mass is 241 g/mol. The van der Waals surface area contributed by atoms with Gasteiger partial charge in [0.25, 0.3) is 0 Å². The van der Waals surface area contributed by atoms with E-state index in [0.717, 1.165) is 24.8 Å². The normalized spacial score (nSPS) is 18.4. The maximum atomic E-state index is 10.6. The average Bonchev–Trinajstić information content (AvgIpc) is 2.16. The minimum Gasteiger partial charge on any atom is -0.481 e. The lowest BCUT2D eigenvalue weighted by atomic mass is 9.87. The van der Waals surface area contributed by atoms with Crippen LogP contribution in [-0.2, 0) is 24.1 Å². The molecule has 1 aliphatic rings. The standard InChI is InChI=1S/C12H15NO2.ClH/c13-11-4-3-9-2-1-8(6-12(14)15)5-10(9)7-11;/h1-2,5,11H,3-4,6-7,13H2,(H,14,15);1H. The van der Waals surface area contributed by atoms with Crippen molar-refractivity contribution in [2.24, 2.45) is 5.73 Å². The van der Waals surface area contributed by atoms with Crippen molar-refractivity contribution in [3.8, 4) is 0 Å². The van der Waals surface area contributed by atoms with Gasteiger partial charge in [-0.1, -0.05) is 18.2 Å². The van der Waals surface area contributed by atoms with E-state index in [1.807, 2.05) is 18.2 Å². The fraction of sp³-hybridized carbons (Fsp3) is 0.417. The van der Waals surface area contributed by atoms with Gasteiger partial charge in [0, 0.05) is 6.04 Å². The Morgan fingerprint density at radius 2 is 2.19 bits per heavy atom. The number of hydrogen-bond acceptors (Lipinski definition) is 2. The van der Waals surface area contributed by atoms with E-state index in [4.69, 9.17) is 10.8 Å². The molecule has 88 valence electrons. The third-order valence-electron chi connectivity index (χ3n) is 2.89. The highest BCUT2D eigenvalue weighted by Gasteiger charge is 2.15. The maximum Gasteiger partial charge on any atom is 0.307 e. The fourth-order valence-corrected chi connectivity index (χ4v) is 2.12. The Bertz CT molecular complexity index is 393. The molecule has 3 nitrogen and oxygen atoms in total. The molecule has 1 aliphatic carbocycles. The number of benzene rings is 1. The zero-order valence-corrected chi connectivity index (χ0v) is 9.80. The Labute approximate surface area is 101 Å². The summed E-state index contributed by atoms with van der Waals surface area (Å²) in [5.41, 5.74) is 9.31. The topological polar surface area (TPSA) is 63.3 Å². The SMILES string of the molecule is Cl.NC1CCc2ccc(CC(=O)O)cc2C1. The van der Waals surface area contributed by atoms with Crippen LogP contribution >= 0.6 is 12.4 Å². The molecule has 0 aromatic heterocycles. The van der Waals surface area contributed by atoms with Gasteiger partial charge in [0.05, 0.1) is 6.42 Å². The number of hydrogen-bond donors (Lipinski definition) is 2. The first-order valence-electron chi connectivity index (χ1n) is 5.23. The van der Waals surface area contributed by atoms with Crippen molar-refractivity contribution >= 4 is 18.4 Å². The van der Waals surface area contributed by atoms with E-state index in [1.54, 1.807) is 0 Å². The van der Waals surface area contributed by atoms with Crippen molar-refractivity contribution in [3.05, 3.63) is 34.9 Å². The van der Waals surface area contributed by atoms with Crippen LogP contribution in [0.5, 0.6) is 0 Å². The van der Waals surface area contributed by atoms with Gasteiger partial charge in [-0.2, -0.15) is 0 Å². The minimum atomic E-state index is -0.782. The van der Waals surface area contributed by atoms with Gasteiger partial charge in [0.2, 0.25) is 0 Å². The highest BCUT2D eigenvalue weighted by Crippen LogP contribution is 2.21. The first-order valence-corrected chi connectivity index (χ1v) is 5.23. The molecule has 0 saturated carbocycles. The summed E-state index contributed by atoms with van der Waals surface area (Å²) in [6.07, 6.45) is 3.03. The second-order valence-corrected chi connectivity index (χ2v) is 4.18. The molecule has 1 atom stereocenters. The molecule has 3 N–H and O–H groups in total.